The fraction of sp³-hybridized carbons (Fsp3) is 0.533. The van der Waals surface area contributed by atoms with Gasteiger partial charge in [-0.25, -0.2) is 4.99 Å². The van der Waals surface area contributed by atoms with Crippen LogP contribution in [0.1, 0.15) is 24.8 Å². The number of likely N-dealkylation sites (tertiary alicyclic amines) is 1. The molecule has 0 aliphatic carbocycles. The topological polar surface area (TPSA) is 60.1 Å². The quantitative estimate of drug-likeness (QED) is 0.439. The zero-order chi connectivity index (χ0) is 14.7. The molecule has 2 aliphatic heterocycles. The number of halogens is 2. The molecule has 0 unspecified atom stereocenters. The third kappa shape index (κ3) is 4.10. The Morgan fingerprint density at radius 3 is 2.68 bits per heavy atom. The van der Waals surface area contributed by atoms with Gasteiger partial charge >= 0.3 is 0 Å². The predicted octanol–water partition coefficient (Wildman–Crippen LogP) is 3.03. The largest absolute Gasteiger partial charge is 0.486 e. The zero-order valence-corrected chi connectivity index (χ0v) is 15.5. The summed E-state index contributed by atoms with van der Waals surface area (Å²) in [5.41, 5.74) is 7.04. The van der Waals surface area contributed by atoms with Gasteiger partial charge in [-0.2, -0.15) is 0 Å². The molecule has 1 aromatic rings. The van der Waals surface area contributed by atoms with Crippen LogP contribution in [-0.4, -0.2) is 37.2 Å². The molecule has 3 rings (SSSR count). The SMILES string of the molecule is I.NC(=NCc1cc(Cl)c2c(c1)OCCO2)N1CCCCC1. The smallest absolute Gasteiger partial charge is 0.191 e. The monoisotopic (exact) mass is 437 g/mol. The fourth-order valence-corrected chi connectivity index (χ4v) is 2.94. The van der Waals surface area contributed by atoms with Crippen molar-refractivity contribution in [3.05, 3.63) is 22.7 Å². The third-order valence-corrected chi connectivity index (χ3v) is 4.04. The van der Waals surface area contributed by atoms with Gasteiger partial charge < -0.3 is 20.1 Å². The first-order chi connectivity index (χ1) is 10.2. The van der Waals surface area contributed by atoms with E-state index in [1.54, 1.807) is 0 Å². The third-order valence-electron chi connectivity index (χ3n) is 3.76. The van der Waals surface area contributed by atoms with Crippen LogP contribution in [0, 0.1) is 0 Å². The van der Waals surface area contributed by atoms with E-state index in [1.807, 2.05) is 12.1 Å². The maximum absolute atomic E-state index is 6.22. The van der Waals surface area contributed by atoms with Gasteiger partial charge in [0, 0.05) is 13.1 Å². The van der Waals surface area contributed by atoms with Crippen molar-refractivity contribution in [2.75, 3.05) is 26.3 Å². The van der Waals surface area contributed by atoms with E-state index in [-0.39, 0.29) is 24.0 Å². The minimum atomic E-state index is 0. The maximum atomic E-state index is 6.22. The lowest BCUT2D eigenvalue weighted by Gasteiger charge is -2.27. The molecule has 1 saturated heterocycles. The lowest BCUT2D eigenvalue weighted by atomic mass is 10.1. The molecule has 0 atom stereocenters. The first-order valence-electron chi connectivity index (χ1n) is 7.37. The fourth-order valence-electron chi connectivity index (χ4n) is 2.65. The summed E-state index contributed by atoms with van der Waals surface area (Å²) in [6.07, 6.45) is 3.65. The lowest BCUT2D eigenvalue weighted by molar-refractivity contribution is 0.171. The van der Waals surface area contributed by atoms with E-state index in [1.165, 1.54) is 19.3 Å². The van der Waals surface area contributed by atoms with Crippen LogP contribution in [-0.2, 0) is 6.54 Å². The Morgan fingerprint density at radius 2 is 1.91 bits per heavy atom. The summed E-state index contributed by atoms with van der Waals surface area (Å²) in [5.74, 6) is 1.93. The Bertz CT molecular complexity index is 548. The maximum Gasteiger partial charge on any atom is 0.191 e. The highest BCUT2D eigenvalue weighted by Crippen LogP contribution is 2.38. The number of fused-ring (bicyclic) bond motifs is 1. The van der Waals surface area contributed by atoms with Gasteiger partial charge in [-0.05, 0) is 37.0 Å². The van der Waals surface area contributed by atoms with E-state index in [2.05, 4.69) is 9.89 Å². The van der Waals surface area contributed by atoms with E-state index in [4.69, 9.17) is 26.8 Å². The summed E-state index contributed by atoms with van der Waals surface area (Å²) in [5, 5.41) is 0.564. The van der Waals surface area contributed by atoms with Crippen molar-refractivity contribution in [3.8, 4) is 11.5 Å². The molecule has 22 heavy (non-hydrogen) atoms. The Labute approximate surface area is 152 Å². The number of hydrogen-bond donors (Lipinski definition) is 1. The Balaban J connectivity index is 0.00000176. The van der Waals surface area contributed by atoms with Crippen LogP contribution in [0.15, 0.2) is 17.1 Å². The summed E-state index contributed by atoms with van der Waals surface area (Å²) < 4.78 is 11.1. The highest BCUT2D eigenvalue weighted by Gasteiger charge is 2.17. The average Bonchev–Trinajstić information content (AvgIpc) is 2.53. The van der Waals surface area contributed by atoms with Crippen LogP contribution in [0.2, 0.25) is 5.02 Å². The summed E-state index contributed by atoms with van der Waals surface area (Å²) in [7, 11) is 0. The molecule has 0 saturated carbocycles. The summed E-state index contributed by atoms with van der Waals surface area (Å²) in [6, 6.07) is 3.79. The van der Waals surface area contributed by atoms with Gasteiger partial charge in [-0.1, -0.05) is 11.6 Å². The Kier molecular flexibility index (Phi) is 6.43. The Morgan fingerprint density at radius 1 is 1.18 bits per heavy atom. The van der Waals surface area contributed by atoms with Crippen molar-refractivity contribution in [1.29, 1.82) is 0 Å². The first-order valence-corrected chi connectivity index (χ1v) is 7.75. The lowest BCUT2D eigenvalue weighted by Crippen LogP contribution is -2.40. The molecular weight excluding hydrogens is 417 g/mol. The minimum absolute atomic E-state index is 0. The molecule has 2 N–H and O–H groups in total. The molecule has 0 radical (unpaired) electrons. The van der Waals surface area contributed by atoms with Gasteiger partial charge in [-0.15, -0.1) is 24.0 Å². The molecule has 0 aromatic heterocycles. The summed E-state index contributed by atoms with van der Waals surface area (Å²) in [6.45, 7) is 3.57. The second kappa shape index (κ2) is 8.10. The van der Waals surface area contributed by atoms with E-state index < -0.39 is 0 Å². The van der Waals surface area contributed by atoms with Crippen molar-refractivity contribution < 1.29 is 9.47 Å². The van der Waals surface area contributed by atoms with Crippen LogP contribution in [0.3, 0.4) is 0 Å². The number of hydrogen-bond acceptors (Lipinski definition) is 3. The zero-order valence-electron chi connectivity index (χ0n) is 12.4. The number of nitrogens with two attached hydrogens (primary N) is 1. The molecule has 1 fully saturated rings. The van der Waals surface area contributed by atoms with Crippen LogP contribution in [0.25, 0.3) is 0 Å². The van der Waals surface area contributed by atoms with E-state index in [0.717, 1.165) is 18.7 Å². The molecule has 0 bridgehead atoms. The predicted molar refractivity (Wildman–Crippen MR) is 98.6 cm³/mol. The summed E-state index contributed by atoms with van der Waals surface area (Å²) in [4.78, 5) is 6.62. The van der Waals surface area contributed by atoms with Crippen molar-refractivity contribution >= 4 is 41.5 Å². The molecule has 5 nitrogen and oxygen atoms in total. The molecule has 2 heterocycles. The number of nitrogens with zero attached hydrogens (tertiary/aromatic N) is 2. The van der Waals surface area contributed by atoms with Gasteiger partial charge in [-0.3, -0.25) is 0 Å². The normalized spacial score (nSPS) is 17.9. The van der Waals surface area contributed by atoms with Crippen molar-refractivity contribution in [3.63, 3.8) is 0 Å². The second-order valence-electron chi connectivity index (χ2n) is 5.32. The Hall–Kier alpha value is -0.890. The molecule has 2 aliphatic rings. The highest BCUT2D eigenvalue weighted by molar-refractivity contribution is 14.0. The number of aliphatic imine (C=N–C) groups is 1. The van der Waals surface area contributed by atoms with E-state index in [0.29, 0.717) is 42.2 Å². The van der Waals surface area contributed by atoms with Gasteiger partial charge in [0.25, 0.3) is 0 Å². The number of guanidine groups is 1. The first kappa shape index (κ1) is 17.5. The number of rotatable bonds is 2. The van der Waals surface area contributed by atoms with E-state index in [9.17, 15) is 0 Å². The van der Waals surface area contributed by atoms with Gasteiger partial charge in [0.1, 0.15) is 13.2 Å². The van der Waals surface area contributed by atoms with E-state index >= 15 is 0 Å². The molecule has 7 heteroatoms. The number of piperidine rings is 1. The number of ether oxygens (including phenoxy) is 2. The van der Waals surface area contributed by atoms with Gasteiger partial charge in [0.05, 0.1) is 11.6 Å². The minimum Gasteiger partial charge on any atom is -0.486 e. The highest BCUT2D eigenvalue weighted by atomic mass is 127. The van der Waals surface area contributed by atoms with Crippen molar-refractivity contribution in [2.45, 2.75) is 25.8 Å². The second-order valence-corrected chi connectivity index (χ2v) is 5.73. The molecular formula is C15H21ClIN3O2. The standard InChI is InChI=1S/C15H20ClN3O2.HI/c16-12-8-11(9-13-14(12)21-7-6-20-13)10-18-15(17)19-4-2-1-3-5-19;/h8-9H,1-7,10H2,(H2,17,18);1H. The average molecular weight is 438 g/mol. The molecule has 0 amide bonds. The molecule has 1 aromatic carbocycles. The van der Waals surface area contributed by atoms with Gasteiger partial charge in [0.2, 0.25) is 0 Å². The van der Waals surface area contributed by atoms with Gasteiger partial charge in [0.15, 0.2) is 17.5 Å². The van der Waals surface area contributed by atoms with Crippen LogP contribution < -0.4 is 15.2 Å². The number of benzene rings is 1. The van der Waals surface area contributed by atoms with Crippen LogP contribution in [0.5, 0.6) is 11.5 Å². The van der Waals surface area contributed by atoms with Crippen molar-refractivity contribution in [2.24, 2.45) is 10.7 Å². The molecule has 0 spiro atoms. The van der Waals surface area contributed by atoms with Crippen molar-refractivity contribution in [1.82, 2.24) is 4.90 Å². The molecule has 122 valence electrons. The van der Waals surface area contributed by atoms with Crippen LogP contribution >= 0.6 is 35.6 Å². The summed E-state index contributed by atoms with van der Waals surface area (Å²) >= 11 is 6.22. The van der Waals surface area contributed by atoms with Crippen LogP contribution in [0.4, 0.5) is 0 Å².